The number of nitrogens with one attached hydrogen (secondary N) is 1. The molecule has 0 aromatic heterocycles. The van der Waals surface area contributed by atoms with Gasteiger partial charge < -0.3 is 14.8 Å². The van der Waals surface area contributed by atoms with E-state index in [1.807, 2.05) is 0 Å². The molecular weight excluding hydrogens is 238 g/mol. The fourth-order valence-electron chi connectivity index (χ4n) is 2.28. The van der Waals surface area contributed by atoms with Crippen molar-refractivity contribution in [3.63, 3.8) is 0 Å². The van der Waals surface area contributed by atoms with E-state index in [1.165, 1.54) is 0 Å². The van der Waals surface area contributed by atoms with Crippen LogP contribution in [0.15, 0.2) is 0 Å². The molecule has 2 unspecified atom stereocenters. The molecule has 3 heteroatoms. The molecule has 116 valence electrons. The summed E-state index contributed by atoms with van der Waals surface area (Å²) in [5.74, 6) is 0.528. The number of hydrogen-bond donors (Lipinski definition) is 1. The molecule has 0 rings (SSSR count). The van der Waals surface area contributed by atoms with Gasteiger partial charge in [0, 0.05) is 19.8 Å². The van der Waals surface area contributed by atoms with Gasteiger partial charge in [-0.15, -0.1) is 0 Å². The third-order valence-corrected chi connectivity index (χ3v) is 3.68. The number of hydrogen-bond acceptors (Lipinski definition) is 3. The van der Waals surface area contributed by atoms with Crippen molar-refractivity contribution in [3.05, 3.63) is 0 Å². The molecule has 0 radical (unpaired) electrons. The zero-order valence-electron chi connectivity index (χ0n) is 14.1. The Hall–Kier alpha value is -0.120. The molecular formula is C16H35NO2. The van der Waals surface area contributed by atoms with Crippen LogP contribution in [-0.4, -0.2) is 38.0 Å². The first-order valence-corrected chi connectivity index (χ1v) is 7.78. The summed E-state index contributed by atoms with van der Waals surface area (Å²) in [6, 6.07) is 0.411. The summed E-state index contributed by atoms with van der Waals surface area (Å²) < 4.78 is 11.5. The summed E-state index contributed by atoms with van der Waals surface area (Å²) in [6.45, 7) is 14.9. The molecule has 0 spiro atoms. The van der Waals surface area contributed by atoms with Crippen molar-refractivity contribution in [2.24, 2.45) is 5.92 Å². The zero-order chi connectivity index (χ0) is 14.9. The lowest BCUT2D eigenvalue weighted by atomic mass is 9.91. The minimum Gasteiger partial charge on any atom is -0.379 e. The van der Waals surface area contributed by atoms with Crippen molar-refractivity contribution in [2.45, 2.75) is 78.6 Å². The molecule has 0 aromatic rings. The summed E-state index contributed by atoms with van der Waals surface area (Å²) in [5, 5.41) is 3.65. The first kappa shape index (κ1) is 18.9. The largest absolute Gasteiger partial charge is 0.379 e. The highest BCUT2D eigenvalue weighted by Crippen LogP contribution is 2.21. The van der Waals surface area contributed by atoms with Gasteiger partial charge in [-0.25, -0.2) is 0 Å². The van der Waals surface area contributed by atoms with Crippen LogP contribution in [0.1, 0.15) is 60.8 Å². The van der Waals surface area contributed by atoms with Crippen LogP contribution in [0.3, 0.4) is 0 Å². The quantitative estimate of drug-likeness (QED) is 0.623. The van der Waals surface area contributed by atoms with E-state index >= 15 is 0 Å². The van der Waals surface area contributed by atoms with E-state index in [9.17, 15) is 0 Å². The van der Waals surface area contributed by atoms with Gasteiger partial charge in [-0.2, -0.15) is 0 Å². The number of rotatable bonds is 11. The lowest BCUT2D eigenvalue weighted by Crippen LogP contribution is -2.45. The first-order valence-electron chi connectivity index (χ1n) is 7.78. The standard InChI is InChI=1S/C16H35NO2/c1-8-12-17-14(10-11-16(5,6)18-7)15(13(3)4)19-9-2/h13-15,17H,8-12H2,1-7H3. The number of ether oxygens (including phenoxy) is 2. The molecule has 0 aliphatic heterocycles. The van der Waals surface area contributed by atoms with E-state index in [1.54, 1.807) is 7.11 Å². The average molecular weight is 273 g/mol. The summed E-state index contributed by atoms with van der Waals surface area (Å²) in [7, 11) is 1.79. The Balaban J connectivity index is 4.58. The minimum atomic E-state index is -0.0557. The summed E-state index contributed by atoms with van der Waals surface area (Å²) in [6.07, 6.45) is 3.57. The van der Waals surface area contributed by atoms with Gasteiger partial charge in [0.25, 0.3) is 0 Å². The summed E-state index contributed by atoms with van der Waals surface area (Å²) in [5.41, 5.74) is -0.0557. The molecule has 2 atom stereocenters. The number of methoxy groups -OCH3 is 1. The molecule has 0 saturated carbocycles. The van der Waals surface area contributed by atoms with Gasteiger partial charge >= 0.3 is 0 Å². The third-order valence-electron chi connectivity index (χ3n) is 3.68. The van der Waals surface area contributed by atoms with Gasteiger partial charge in [0.05, 0.1) is 11.7 Å². The van der Waals surface area contributed by atoms with Crippen molar-refractivity contribution < 1.29 is 9.47 Å². The molecule has 0 aliphatic rings. The van der Waals surface area contributed by atoms with Crippen LogP contribution in [0.25, 0.3) is 0 Å². The second-order valence-corrected chi connectivity index (χ2v) is 6.23. The van der Waals surface area contributed by atoms with Crippen LogP contribution < -0.4 is 5.32 Å². The van der Waals surface area contributed by atoms with E-state index in [2.05, 4.69) is 46.9 Å². The van der Waals surface area contributed by atoms with Gasteiger partial charge in [-0.05, 0) is 52.5 Å². The highest BCUT2D eigenvalue weighted by Gasteiger charge is 2.27. The minimum absolute atomic E-state index is 0.0557. The van der Waals surface area contributed by atoms with E-state index in [-0.39, 0.29) is 11.7 Å². The van der Waals surface area contributed by atoms with Crippen molar-refractivity contribution >= 4 is 0 Å². The van der Waals surface area contributed by atoms with Gasteiger partial charge in [-0.3, -0.25) is 0 Å². The van der Waals surface area contributed by atoms with Crippen LogP contribution in [0.5, 0.6) is 0 Å². The molecule has 0 fully saturated rings. The summed E-state index contributed by atoms with van der Waals surface area (Å²) in [4.78, 5) is 0. The van der Waals surface area contributed by atoms with E-state index in [0.29, 0.717) is 12.0 Å². The maximum Gasteiger partial charge on any atom is 0.0750 e. The Morgan fingerprint density at radius 2 is 1.79 bits per heavy atom. The normalized spacial score (nSPS) is 15.8. The Bertz CT molecular complexity index is 217. The molecule has 19 heavy (non-hydrogen) atoms. The first-order chi connectivity index (χ1) is 8.87. The fraction of sp³-hybridized carbons (Fsp3) is 1.00. The molecule has 3 nitrogen and oxygen atoms in total. The lowest BCUT2D eigenvalue weighted by Gasteiger charge is -2.33. The van der Waals surface area contributed by atoms with Crippen molar-refractivity contribution in [2.75, 3.05) is 20.3 Å². The second kappa shape index (κ2) is 9.73. The molecule has 0 bridgehead atoms. The molecule has 0 aromatic carbocycles. The van der Waals surface area contributed by atoms with Crippen LogP contribution in [0.2, 0.25) is 0 Å². The van der Waals surface area contributed by atoms with Crippen molar-refractivity contribution in [3.8, 4) is 0 Å². The Labute approximate surface area is 120 Å². The van der Waals surface area contributed by atoms with Crippen molar-refractivity contribution in [1.29, 1.82) is 0 Å². The monoisotopic (exact) mass is 273 g/mol. The maximum atomic E-state index is 5.96. The Morgan fingerprint density at radius 3 is 2.21 bits per heavy atom. The maximum absolute atomic E-state index is 5.96. The predicted molar refractivity (Wildman–Crippen MR) is 82.7 cm³/mol. The van der Waals surface area contributed by atoms with E-state index in [4.69, 9.17) is 9.47 Å². The van der Waals surface area contributed by atoms with Crippen LogP contribution in [0, 0.1) is 5.92 Å². The smallest absolute Gasteiger partial charge is 0.0750 e. The Kier molecular flexibility index (Phi) is 9.67. The summed E-state index contributed by atoms with van der Waals surface area (Å²) >= 11 is 0. The van der Waals surface area contributed by atoms with Crippen LogP contribution >= 0.6 is 0 Å². The van der Waals surface area contributed by atoms with Crippen LogP contribution in [-0.2, 0) is 9.47 Å². The molecule has 0 aliphatic carbocycles. The molecule has 1 N–H and O–H groups in total. The molecule has 0 saturated heterocycles. The second-order valence-electron chi connectivity index (χ2n) is 6.23. The fourth-order valence-corrected chi connectivity index (χ4v) is 2.28. The van der Waals surface area contributed by atoms with E-state index in [0.717, 1.165) is 32.4 Å². The van der Waals surface area contributed by atoms with Gasteiger partial charge in [0.15, 0.2) is 0 Å². The highest BCUT2D eigenvalue weighted by atomic mass is 16.5. The van der Waals surface area contributed by atoms with E-state index < -0.39 is 0 Å². The topological polar surface area (TPSA) is 30.5 Å². The van der Waals surface area contributed by atoms with Gasteiger partial charge in [-0.1, -0.05) is 20.8 Å². The van der Waals surface area contributed by atoms with Gasteiger partial charge in [0.2, 0.25) is 0 Å². The van der Waals surface area contributed by atoms with Crippen LogP contribution in [0.4, 0.5) is 0 Å². The SMILES string of the molecule is CCCNC(CCC(C)(C)OC)C(OCC)C(C)C. The lowest BCUT2D eigenvalue weighted by molar-refractivity contribution is -0.0178. The predicted octanol–water partition coefficient (Wildman–Crippen LogP) is 3.62. The molecule has 0 heterocycles. The highest BCUT2D eigenvalue weighted by molar-refractivity contribution is 4.82. The molecule has 0 amide bonds. The third kappa shape index (κ3) is 7.91. The average Bonchev–Trinajstić information content (AvgIpc) is 2.36. The van der Waals surface area contributed by atoms with Gasteiger partial charge in [0.1, 0.15) is 0 Å². The van der Waals surface area contributed by atoms with Crippen molar-refractivity contribution in [1.82, 2.24) is 5.32 Å². The zero-order valence-corrected chi connectivity index (χ0v) is 14.1. The Morgan fingerprint density at radius 1 is 1.16 bits per heavy atom.